The van der Waals surface area contributed by atoms with E-state index in [2.05, 4.69) is 29.3 Å². The van der Waals surface area contributed by atoms with E-state index in [-0.39, 0.29) is 0 Å². The van der Waals surface area contributed by atoms with Crippen LogP contribution in [0.3, 0.4) is 0 Å². The van der Waals surface area contributed by atoms with E-state index >= 15 is 0 Å². The summed E-state index contributed by atoms with van der Waals surface area (Å²) in [5, 5.41) is 13.2. The zero-order valence-electron chi connectivity index (χ0n) is 14.3. The highest BCUT2D eigenvalue weighted by molar-refractivity contribution is 6.30. The highest BCUT2D eigenvalue weighted by Gasteiger charge is 2.23. The normalized spacial score (nSPS) is 17.0. The van der Waals surface area contributed by atoms with Crippen molar-refractivity contribution in [3.8, 4) is 0 Å². The minimum absolute atomic E-state index is 0.326. The Morgan fingerprint density at radius 1 is 1.28 bits per heavy atom. The molecule has 2 aromatic rings. The summed E-state index contributed by atoms with van der Waals surface area (Å²) in [4.78, 5) is 13.3. The van der Waals surface area contributed by atoms with Gasteiger partial charge < -0.3 is 15.3 Å². The predicted octanol–water partition coefficient (Wildman–Crippen LogP) is 3.96. The van der Waals surface area contributed by atoms with E-state index < -0.39 is 5.97 Å². The standard InChI is InChI=1S/C20H23ClN2O2/c1-14-2-7-18(21)10-19(14)23-9-8-16(13-23)12-22-11-15-3-5-17(6-4-15)20(24)25/h2-7,10,16,22H,8-9,11-13H2,1H3,(H,24,25). The van der Waals surface area contributed by atoms with Crippen LogP contribution in [-0.2, 0) is 6.54 Å². The lowest BCUT2D eigenvalue weighted by Gasteiger charge is -2.21. The third-order valence-electron chi connectivity index (χ3n) is 4.76. The fourth-order valence-corrected chi connectivity index (χ4v) is 3.49. The van der Waals surface area contributed by atoms with Gasteiger partial charge in [0.15, 0.2) is 0 Å². The Bertz CT molecular complexity index is 746. The van der Waals surface area contributed by atoms with Gasteiger partial charge in [-0.15, -0.1) is 0 Å². The number of benzene rings is 2. The molecule has 1 aliphatic heterocycles. The zero-order chi connectivity index (χ0) is 17.8. The van der Waals surface area contributed by atoms with Crippen molar-refractivity contribution in [3.63, 3.8) is 0 Å². The summed E-state index contributed by atoms with van der Waals surface area (Å²) in [6.45, 7) is 5.92. The molecular formula is C20H23ClN2O2. The van der Waals surface area contributed by atoms with Crippen molar-refractivity contribution in [2.75, 3.05) is 24.5 Å². The molecule has 2 N–H and O–H groups in total. The van der Waals surface area contributed by atoms with Crippen molar-refractivity contribution in [1.29, 1.82) is 0 Å². The highest BCUT2D eigenvalue weighted by Crippen LogP contribution is 2.29. The first kappa shape index (κ1) is 17.8. The van der Waals surface area contributed by atoms with Gasteiger partial charge in [-0.3, -0.25) is 0 Å². The molecule has 2 aromatic carbocycles. The molecule has 1 saturated heterocycles. The molecule has 0 aromatic heterocycles. The van der Waals surface area contributed by atoms with Crippen LogP contribution in [-0.4, -0.2) is 30.7 Å². The van der Waals surface area contributed by atoms with Gasteiger partial charge in [-0.05, 0) is 54.7 Å². The summed E-state index contributed by atoms with van der Waals surface area (Å²) in [6.07, 6.45) is 1.16. The molecule has 0 aliphatic carbocycles. The first-order chi connectivity index (χ1) is 12.0. The highest BCUT2D eigenvalue weighted by atomic mass is 35.5. The van der Waals surface area contributed by atoms with Crippen LogP contribution >= 0.6 is 11.6 Å². The monoisotopic (exact) mass is 358 g/mol. The summed E-state index contributed by atoms with van der Waals surface area (Å²) in [5.74, 6) is -0.279. The van der Waals surface area contributed by atoms with Crippen LogP contribution in [0.4, 0.5) is 5.69 Å². The zero-order valence-corrected chi connectivity index (χ0v) is 15.1. The first-order valence-electron chi connectivity index (χ1n) is 8.57. The van der Waals surface area contributed by atoms with E-state index in [0.717, 1.165) is 43.2 Å². The molecule has 0 saturated carbocycles. The molecule has 5 heteroatoms. The third-order valence-corrected chi connectivity index (χ3v) is 5.00. The fraction of sp³-hybridized carbons (Fsp3) is 0.350. The van der Waals surface area contributed by atoms with Crippen LogP contribution in [0.25, 0.3) is 0 Å². The third kappa shape index (κ3) is 4.53. The molecule has 1 heterocycles. The lowest BCUT2D eigenvalue weighted by Crippen LogP contribution is -2.26. The Hall–Kier alpha value is -2.04. The maximum atomic E-state index is 10.9. The number of carboxylic acids is 1. The Labute approximate surface area is 153 Å². The largest absolute Gasteiger partial charge is 0.478 e. The number of aromatic carboxylic acids is 1. The second kappa shape index (κ2) is 7.89. The minimum atomic E-state index is -0.887. The van der Waals surface area contributed by atoms with E-state index in [9.17, 15) is 4.79 Å². The van der Waals surface area contributed by atoms with Crippen molar-refractivity contribution in [2.45, 2.75) is 19.9 Å². The van der Waals surface area contributed by atoms with E-state index in [1.54, 1.807) is 12.1 Å². The summed E-state index contributed by atoms with van der Waals surface area (Å²) >= 11 is 6.14. The van der Waals surface area contributed by atoms with E-state index in [1.807, 2.05) is 18.2 Å². The summed E-state index contributed by atoms with van der Waals surface area (Å²) in [7, 11) is 0. The van der Waals surface area contributed by atoms with Gasteiger partial charge in [0.1, 0.15) is 0 Å². The van der Waals surface area contributed by atoms with Crippen LogP contribution in [0, 0.1) is 12.8 Å². The van der Waals surface area contributed by atoms with Crippen LogP contribution in [0.1, 0.15) is 27.9 Å². The number of hydrogen-bond acceptors (Lipinski definition) is 3. The van der Waals surface area contributed by atoms with Gasteiger partial charge >= 0.3 is 5.97 Å². The maximum Gasteiger partial charge on any atom is 0.335 e. The number of aryl methyl sites for hydroxylation is 1. The quantitative estimate of drug-likeness (QED) is 0.820. The average Bonchev–Trinajstić information content (AvgIpc) is 3.06. The SMILES string of the molecule is Cc1ccc(Cl)cc1N1CCC(CNCc2ccc(C(=O)O)cc2)C1. The van der Waals surface area contributed by atoms with Gasteiger partial charge in [0.25, 0.3) is 0 Å². The molecule has 3 rings (SSSR count). The predicted molar refractivity (Wildman–Crippen MR) is 102 cm³/mol. The van der Waals surface area contributed by atoms with E-state index in [0.29, 0.717) is 11.5 Å². The number of carbonyl (C=O) groups is 1. The van der Waals surface area contributed by atoms with Gasteiger partial charge in [-0.25, -0.2) is 4.79 Å². The van der Waals surface area contributed by atoms with Crippen molar-refractivity contribution in [3.05, 3.63) is 64.2 Å². The molecule has 25 heavy (non-hydrogen) atoms. The molecule has 1 atom stereocenters. The van der Waals surface area contributed by atoms with Crippen molar-refractivity contribution in [1.82, 2.24) is 5.32 Å². The summed E-state index contributed by atoms with van der Waals surface area (Å²) in [5.41, 5.74) is 3.92. The van der Waals surface area contributed by atoms with E-state index in [4.69, 9.17) is 16.7 Å². The van der Waals surface area contributed by atoms with Crippen molar-refractivity contribution >= 4 is 23.3 Å². The number of nitrogens with one attached hydrogen (secondary N) is 1. The maximum absolute atomic E-state index is 10.9. The first-order valence-corrected chi connectivity index (χ1v) is 8.95. The number of carboxylic acid groups (broad SMARTS) is 1. The molecule has 0 bridgehead atoms. The number of anilines is 1. The molecule has 0 amide bonds. The molecule has 0 radical (unpaired) electrons. The van der Waals surface area contributed by atoms with Gasteiger partial charge in [0.05, 0.1) is 5.56 Å². The molecule has 1 aliphatic rings. The number of rotatable bonds is 6. The van der Waals surface area contributed by atoms with Crippen molar-refractivity contribution in [2.24, 2.45) is 5.92 Å². The Morgan fingerprint density at radius 3 is 2.76 bits per heavy atom. The van der Waals surface area contributed by atoms with Gasteiger partial charge in [0, 0.05) is 36.9 Å². The lowest BCUT2D eigenvalue weighted by atomic mass is 10.1. The lowest BCUT2D eigenvalue weighted by molar-refractivity contribution is 0.0697. The average molecular weight is 359 g/mol. The number of nitrogens with zero attached hydrogens (tertiary/aromatic N) is 1. The molecule has 132 valence electrons. The number of halogens is 1. The second-order valence-corrected chi connectivity index (χ2v) is 7.10. The Morgan fingerprint density at radius 2 is 2.04 bits per heavy atom. The minimum Gasteiger partial charge on any atom is -0.478 e. The number of hydrogen-bond donors (Lipinski definition) is 2. The molecule has 4 nitrogen and oxygen atoms in total. The van der Waals surface area contributed by atoms with Crippen LogP contribution in [0.2, 0.25) is 5.02 Å². The smallest absolute Gasteiger partial charge is 0.335 e. The molecule has 1 fully saturated rings. The van der Waals surface area contributed by atoms with Crippen LogP contribution in [0.5, 0.6) is 0 Å². The topological polar surface area (TPSA) is 52.6 Å². The van der Waals surface area contributed by atoms with Gasteiger partial charge in [-0.1, -0.05) is 29.8 Å². The Kier molecular flexibility index (Phi) is 5.61. The molecule has 1 unspecified atom stereocenters. The second-order valence-electron chi connectivity index (χ2n) is 6.66. The molecule has 0 spiro atoms. The summed E-state index contributed by atoms with van der Waals surface area (Å²) < 4.78 is 0. The van der Waals surface area contributed by atoms with Crippen molar-refractivity contribution < 1.29 is 9.90 Å². The fourth-order valence-electron chi connectivity index (χ4n) is 3.33. The van der Waals surface area contributed by atoms with Crippen LogP contribution in [0.15, 0.2) is 42.5 Å². The van der Waals surface area contributed by atoms with E-state index in [1.165, 1.54) is 11.3 Å². The van der Waals surface area contributed by atoms with Gasteiger partial charge in [-0.2, -0.15) is 0 Å². The summed E-state index contributed by atoms with van der Waals surface area (Å²) in [6, 6.07) is 13.1. The van der Waals surface area contributed by atoms with Crippen LogP contribution < -0.4 is 10.2 Å². The van der Waals surface area contributed by atoms with Gasteiger partial charge in [0.2, 0.25) is 0 Å². The Balaban J connectivity index is 1.48. The molecular weight excluding hydrogens is 336 g/mol.